The number of fused-ring (bicyclic) bond motifs is 2. The smallest absolute Gasteiger partial charge is 0.186 e. The van der Waals surface area contributed by atoms with Crippen molar-refractivity contribution >= 4 is 21.6 Å². The molecule has 0 unspecified atom stereocenters. The maximum absolute atomic E-state index is 13.3. The Bertz CT molecular complexity index is 1200. The number of hydrogen-bond acceptors (Lipinski definition) is 4. The summed E-state index contributed by atoms with van der Waals surface area (Å²) in [5.41, 5.74) is 3.83. The summed E-state index contributed by atoms with van der Waals surface area (Å²) in [6.45, 7) is 15.3. The lowest BCUT2D eigenvalue weighted by atomic mass is 9.87. The number of nitrogens with zero attached hydrogens (tertiary/aromatic N) is 1. The van der Waals surface area contributed by atoms with Crippen molar-refractivity contribution in [3.63, 3.8) is 0 Å². The van der Waals surface area contributed by atoms with Gasteiger partial charge in [0, 0.05) is 11.1 Å². The lowest BCUT2D eigenvalue weighted by molar-refractivity contribution is 0.0386. The van der Waals surface area contributed by atoms with Gasteiger partial charge in [-0.15, -0.1) is 11.3 Å². The van der Waals surface area contributed by atoms with E-state index in [0.29, 0.717) is 18.8 Å². The van der Waals surface area contributed by atoms with Crippen molar-refractivity contribution in [1.29, 1.82) is 0 Å². The molecule has 1 N–H and O–H groups in total. The first-order valence-corrected chi connectivity index (χ1v) is 15.8. The van der Waals surface area contributed by atoms with Crippen molar-refractivity contribution in [3.8, 4) is 10.6 Å². The van der Waals surface area contributed by atoms with Crippen LogP contribution in [0.25, 0.3) is 20.8 Å². The number of para-hydroxylation sites is 1. The molecule has 0 amide bonds. The predicted molar refractivity (Wildman–Crippen MR) is 166 cm³/mol. The Morgan fingerprint density at radius 1 is 0.868 bits per heavy atom. The summed E-state index contributed by atoms with van der Waals surface area (Å²) in [5.74, 6) is 2.36. The van der Waals surface area contributed by atoms with Crippen LogP contribution in [0.3, 0.4) is 0 Å². The van der Waals surface area contributed by atoms with Crippen LogP contribution in [0.15, 0.2) is 29.1 Å². The van der Waals surface area contributed by atoms with Gasteiger partial charge in [-0.3, -0.25) is 4.79 Å². The first kappa shape index (κ1) is 30.8. The minimum atomic E-state index is -0.767. The summed E-state index contributed by atoms with van der Waals surface area (Å²) >= 11 is 1.66. The zero-order valence-electron chi connectivity index (χ0n) is 25.0. The Balaban J connectivity index is 1.52. The largest absolute Gasteiger partial charge is 0.390 e. The van der Waals surface area contributed by atoms with Crippen LogP contribution in [0, 0.1) is 31.6 Å². The molecule has 38 heavy (non-hydrogen) atoms. The SMILES string of the molecule is Cc1c2nc3ccccc3sc-2c(CC[C@](C)(O)CCC[C@H](C)CCC[C@H](C)CCCC(C)C)c(=O)c1C. The van der Waals surface area contributed by atoms with Crippen LogP contribution < -0.4 is 5.43 Å². The number of aromatic nitrogens is 1. The number of benzene rings is 2. The Morgan fingerprint density at radius 3 is 2.13 bits per heavy atom. The van der Waals surface area contributed by atoms with Gasteiger partial charge in [0.2, 0.25) is 0 Å². The van der Waals surface area contributed by atoms with E-state index in [0.717, 1.165) is 68.6 Å². The molecule has 0 saturated heterocycles. The molecule has 1 aromatic rings. The van der Waals surface area contributed by atoms with Crippen molar-refractivity contribution in [1.82, 2.24) is 4.98 Å². The molecule has 210 valence electrons. The summed E-state index contributed by atoms with van der Waals surface area (Å²) in [6.07, 6.45) is 12.2. The third-order valence-corrected chi connectivity index (χ3v) is 9.74. The summed E-state index contributed by atoms with van der Waals surface area (Å²) in [4.78, 5) is 19.2. The van der Waals surface area contributed by atoms with E-state index in [1.54, 1.807) is 11.3 Å². The molecule has 3 nitrogen and oxygen atoms in total. The average Bonchev–Trinajstić information content (AvgIpc) is 2.86. The molecular formula is C34H51NO2S. The highest BCUT2D eigenvalue weighted by molar-refractivity contribution is 7.21. The topological polar surface area (TPSA) is 50.2 Å². The molecule has 0 fully saturated rings. The molecule has 0 saturated carbocycles. The summed E-state index contributed by atoms with van der Waals surface area (Å²) in [7, 11) is 0. The van der Waals surface area contributed by atoms with Crippen LogP contribution in [0.1, 0.15) is 116 Å². The second-order valence-corrected chi connectivity index (χ2v) is 13.8. The summed E-state index contributed by atoms with van der Waals surface area (Å²) in [5, 5.41) is 11.2. The molecule has 0 radical (unpaired) electrons. The van der Waals surface area contributed by atoms with Gasteiger partial charge in [-0.25, -0.2) is 4.98 Å². The van der Waals surface area contributed by atoms with Crippen molar-refractivity contribution in [2.75, 3.05) is 0 Å². The van der Waals surface area contributed by atoms with Crippen LogP contribution >= 0.6 is 11.3 Å². The van der Waals surface area contributed by atoms with Crippen molar-refractivity contribution in [3.05, 3.63) is 51.2 Å². The quantitative estimate of drug-likeness (QED) is 0.196. The molecule has 0 aromatic heterocycles. The summed E-state index contributed by atoms with van der Waals surface area (Å²) in [6, 6.07) is 8.13. The maximum atomic E-state index is 13.3. The van der Waals surface area contributed by atoms with E-state index < -0.39 is 5.60 Å². The molecule has 1 aromatic carbocycles. The number of hydrogen-bond donors (Lipinski definition) is 1. The van der Waals surface area contributed by atoms with Gasteiger partial charge < -0.3 is 5.11 Å². The first-order chi connectivity index (χ1) is 18.0. The second kappa shape index (κ2) is 14.0. The number of aliphatic hydroxyl groups is 1. The van der Waals surface area contributed by atoms with Gasteiger partial charge >= 0.3 is 0 Å². The first-order valence-electron chi connectivity index (χ1n) is 15.0. The van der Waals surface area contributed by atoms with Crippen molar-refractivity contribution in [2.45, 2.75) is 125 Å². The Labute approximate surface area is 235 Å². The summed E-state index contributed by atoms with van der Waals surface area (Å²) < 4.78 is 1.09. The fourth-order valence-electron chi connectivity index (χ4n) is 5.66. The Kier molecular flexibility index (Phi) is 11.4. The van der Waals surface area contributed by atoms with Crippen LogP contribution in [0.5, 0.6) is 0 Å². The molecule has 1 aliphatic heterocycles. The van der Waals surface area contributed by atoms with Gasteiger partial charge in [0.1, 0.15) is 0 Å². The molecule has 1 heterocycles. The minimum Gasteiger partial charge on any atom is -0.390 e. The van der Waals surface area contributed by atoms with Gasteiger partial charge in [0.15, 0.2) is 5.43 Å². The highest BCUT2D eigenvalue weighted by Crippen LogP contribution is 2.36. The molecular weight excluding hydrogens is 486 g/mol. The van der Waals surface area contributed by atoms with Gasteiger partial charge in [0.25, 0.3) is 0 Å². The Morgan fingerprint density at radius 2 is 1.47 bits per heavy atom. The van der Waals surface area contributed by atoms with E-state index in [9.17, 15) is 9.90 Å². The average molecular weight is 538 g/mol. The van der Waals surface area contributed by atoms with E-state index in [4.69, 9.17) is 4.98 Å². The molecule has 0 bridgehead atoms. The van der Waals surface area contributed by atoms with Gasteiger partial charge in [0.05, 0.1) is 26.4 Å². The van der Waals surface area contributed by atoms with Gasteiger partial charge in [-0.05, 0) is 75.5 Å². The molecule has 3 rings (SSSR count). The van der Waals surface area contributed by atoms with Crippen LogP contribution in [0.2, 0.25) is 0 Å². The minimum absolute atomic E-state index is 0.117. The standard InChI is InChI=1S/C34H51NO2S/c1-23(2)13-10-14-24(3)15-11-16-25(4)17-12-21-34(7,37)22-20-28-32(36)27(6)26(5)31-33(28)38-30-19-9-8-18-29(30)35-31/h8-9,18-19,23-25,37H,10-17,20-22H2,1-7H3/t24-,25-,34-/m1/s1. The monoisotopic (exact) mass is 537 g/mol. The zero-order valence-corrected chi connectivity index (χ0v) is 25.8. The van der Waals surface area contributed by atoms with E-state index in [-0.39, 0.29) is 5.43 Å². The van der Waals surface area contributed by atoms with Gasteiger partial charge in [-0.2, -0.15) is 0 Å². The molecule has 3 atom stereocenters. The van der Waals surface area contributed by atoms with Crippen molar-refractivity contribution < 1.29 is 5.11 Å². The molecule has 0 spiro atoms. The predicted octanol–water partition coefficient (Wildman–Crippen LogP) is 9.50. The lowest BCUT2D eigenvalue weighted by Crippen LogP contribution is -2.27. The fraction of sp³-hybridized carbons (Fsp3) is 0.647. The molecule has 1 aliphatic carbocycles. The maximum Gasteiger partial charge on any atom is 0.186 e. The number of rotatable bonds is 15. The van der Waals surface area contributed by atoms with Crippen LogP contribution in [0.4, 0.5) is 0 Å². The lowest BCUT2D eigenvalue weighted by Gasteiger charge is -2.25. The van der Waals surface area contributed by atoms with Crippen LogP contribution in [-0.4, -0.2) is 15.7 Å². The highest BCUT2D eigenvalue weighted by Gasteiger charge is 2.25. The van der Waals surface area contributed by atoms with Crippen LogP contribution in [-0.2, 0) is 6.42 Å². The second-order valence-electron chi connectivity index (χ2n) is 12.8. The molecule has 2 aliphatic rings. The van der Waals surface area contributed by atoms with E-state index in [2.05, 4.69) is 33.8 Å². The molecule has 4 heteroatoms. The van der Waals surface area contributed by atoms with Crippen molar-refractivity contribution in [2.24, 2.45) is 17.8 Å². The zero-order chi connectivity index (χ0) is 27.9. The third kappa shape index (κ3) is 8.61. The van der Waals surface area contributed by atoms with E-state index in [1.807, 2.05) is 39.0 Å². The Hall–Kier alpha value is -1.78. The third-order valence-electron chi connectivity index (χ3n) is 8.53. The normalized spacial score (nSPS) is 15.3. The van der Waals surface area contributed by atoms with Gasteiger partial charge in [-0.1, -0.05) is 91.2 Å². The fourth-order valence-corrected chi connectivity index (χ4v) is 6.86. The van der Waals surface area contributed by atoms with E-state index in [1.165, 1.54) is 38.5 Å². The highest BCUT2D eigenvalue weighted by atomic mass is 32.1. The van der Waals surface area contributed by atoms with E-state index >= 15 is 0 Å².